The molecule has 1 aromatic rings. The number of morpholine rings is 1. The van der Waals surface area contributed by atoms with Crippen LogP contribution in [0.1, 0.15) is 31.4 Å². The van der Waals surface area contributed by atoms with Gasteiger partial charge in [0.05, 0.1) is 19.3 Å². The molecule has 2 rings (SSSR count). The lowest BCUT2D eigenvalue weighted by Gasteiger charge is -2.27. The van der Waals surface area contributed by atoms with Gasteiger partial charge in [0, 0.05) is 26.2 Å². The van der Waals surface area contributed by atoms with E-state index >= 15 is 0 Å². The summed E-state index contributed by atoms with van der Waals surface area (Å²) >= 11 is 0. The lowest BCUT2D eigenvalue weighted by atomic mass is 9.99. The van der Waals surface area contributed by atoms with Crippen molar-refractivity contribution in [2.75, 3.05) is 26.3 Å². The lowest BCUT2D eigenvalue weighted by molar-refractivity contribution is -0.123. The number of carbonyl (C=O) groups is 1. The van der Waals surface area contributed by atoms with Crippen LogP contribution < -0.4 is 11.1 Å². The minimum atomic E-state index is -0.439. The molecule has 1 aromatic carbocycles. The molecule has 0 saturated carbocycles. The van der Waals surface area contributed by atoms with Crippen LogP contribution in [-0.2, 0) is 22.6 Å². The first-order chi connectivity index (χ1) is 11.1. The van der Waals surface area contributed by atoms with Gasteiger partial charge in [0.1, 0.15) is 0 Å². The number of ether oxygens (including phenoxy) is 1. The molecule has 1 heterocycles. The van der Waals surface area contributed by atoms with E-state index in [2.05, 4.69) is 29.3 Å². The second-order valence-corrected chi connectivity index (χ2v) is 6.29. The molecule has 0 radical (unpaired) electrons. The SMILES string of the molecule is CCC(C)C(N)C(=O)NCc1ccccc1CN1CCOCC1. The number of amides is 1. The molecule has 2 unspecified atom stereocenters. The van der Waals surface area contributed by atoms with E-state index < -0.39 is 6.04 Å². The molecule has 5 nitrogen and oxygen atoms in total. The Kier molecular flexibility index (Phi) is 7.02. The third-order valence-electron chi connectivity index (χ3n) is 4.63. The standard InChI is InChI=1S/C18H29N3O2/c1-3-14(2)17(19)18(22)20-12-15-6-4-5-7-16(15)13-21-8-10-23-11-9-21/h4-7,14,17H,3,8-13,19H2,1-2H3,(H,20,22). The minimum Gasteiger partial charge on any atom is -0.379 e. The van der Waals surface area contributed by atoms with Crippen molar-refractivity contribution in [3.63, 3.8) is 0 Å². The molecule has 0 aliphatic carbocycles. The van der Waals surface area contributed by atoms with Crippen LogP contribution in [0.3, 0.4) is 0 Å². The Morgan fingerprint density at radius 2 is 1.96 bits per heavy atom. The number of hydrogen-bond acceptors (Lipinski definition) is 4. The summed E-state index contributed by atoms with van der Waals surface area (Å²) in [6, 6.07) is 7.83. The summed E-state index contributed by atoms with van der Waals surface area (Å²) in [7, 11) is 0. The fourth-order valence-electron chi connectivity index (χ4n) is 2.70. The highest BCUT2D eigenvalue weighted by Gasteiger charge is 2.19. The molecule has 0 aromatic heterocycles. The minimum absolute atomic E-state index is 0.0690. The van der Waals surface area contributed by atoms with Gasteiger partial charge in [0.2, 0.25) is 5.91 Å². The van der Waals surface area contributed by atoms with Crippen molar-refractivity contribution >= 4 is 5.91 Å². The Balaban J connectivity index is 1.93. The monoisotopic (exact) mass is 319 g/mol. The van der Waals surface area contributed by atoms with Crippen LogP contribution in [0.4, 0.5) is 0 Å². The van der Waals surface area contributed by atoms with Gasteiger partial charge >= 0.3 is 0 Å². The second kappa shape index (κ2) is 9.01. The second-order valence-electron chi connectivity index (χ2n) is 6.29. The predicted octanol–water partition coefficient (Wildman–Crippen LogP) is 1.51. The Morgan fingerprint density at radius 1 is 1.30 bits per heavy atom. The van der Waals surface area contributed by atoms with Crippen molar-refractivity contribution in [3.8, 4) is 0 Å². The maximum absolute atomic E-state index is 12.2. The van der Waals surface area contributed by atoms with Gasteiger partial charge in [-0.2, -0.15) is 0 Å². The number of nitrogens with two attached hydrogens (primary N) is 1. The molecule has 1 fully saturated rings. The number of rotatable bonds is 7. The van der Waals surface area contributed by atoms with Gasteiger partial charge in [-0.3, -0.25) is 9.69 Å². The van der Waals surface area contributed by atoms with Crippen molar-refractivity contribution in [2.45, 2.75) is 39.4 Å². The summed E-state index contributed by atoms with van der Waals surface area (Å²) < 4.78 is 5.39. The quantitative estimate of drug-likeness (QED) is 0.799. The molecular weight excluding hydrogens is 290 g/mol. The Morgan fingerprint density at radius 3 is 2.61 bits per heavy atom. The van der Waals surface area contributed by atoms with Crippen molar-refractivity contribution in [2.24, 2.45) is 11.7 Å². The Labute approximate surface area is 139 Å². The van der Waals surface area contributed by atoms with Crippen LogP contribution in [-0.4, -0.2) is 43.2 Å². The normalized spacial score (nSPS) is 18.4. The van der Waals surface area contributed by atoms with Gasteiger partial charge in [-0.05, 0) is 17.0 Å². The smallest absolute Gasteiger partial charge is 0.237 e. The van der Waals surface area contributed by atoms with E-state index in [0.29, 0.717) is 6.54 Å². The molecule has 1 saturated heterocycles. The zero-order valence-electron chi connectivity index (χ0n) is 14.3. The number of benzene rings is 1. The summed E-state index contributed by atoms with van der Waals surface area (Å²) in [5, 5.41) is 2.98. The number of carbonyl (C=O) groups excluding carboxylic acids is 1. The first-order valence-electron chi connectivity index (χ1n) is 8.52. The molecule has 128 valence electrons. The first-order valence-corrected chi connectivity index (χ1v) is 8.52. The number of nitrogens with zero attached hydrogens (tertiary/aromatic N) is 1. The maximum Gasteiger partial charge on any atom is 0.237 e. The van der Waals surface area contributed by atoms with E-state index in [9.17, 15) is 4.79 Å². The molecule has 0 spiro atoms. The zero-order chi connectivity index (χ0) is 16.7. The molecule has 5 heteroatoms. The van der Waals surface area contributed by atoms with Gasteiger partial charge in [-0.1, -0.05) is 44.5 Å². The van der Waals surface area contributed by atoms with Crippen molar-refractivity contribution < 1.29 is 9.53 Å². The average Bonchev–Trinajstić information content (AvgIpc) is 2.60. The number of nitrogens with one attached hydrogen (secondary N) is 1. The molecule has 1 aliphatic rings. The van der Waals surface area contributed by atoms with Crippen LogP contribution in [0.2, 0.25) is 0 Å². The fraction of sp³-hybridized carbons (Fsp3) is 0.611. The van der Waals surface area contributed by atoms with Gasteiger partial charge in [0.25, 0.3) is 0 Å². The summed E-state index contributed by atoms with van der Waals surface area (Å²) in [6.07, 6.45) is 0.905. The van der Waals surface area contributed by atoms with E-state index in [-0.39, 0.29) is 11.8 Å². The molecule has 2 atom stereocenters. The van der Waals surface area contributed by atoms with Crippen LogP contribution in [0.15, 0.2) is 24.3 Å². The van der Waals surface area contributed by atoms with Crippen molar-refractivity contribution in [3.05, 3.63) is 35.4 Å². The summed E-state index contributed by atoms with van der Waals surface area (Å²) in [5.74, 6) is 0.124. The third kappa shape index (κ3) is 5.30. The zero-order valence-corrected chi connectivity index (χ0v) is 14.3. The molecule has 23 heavy (non-hydrogen) atoms. The van der Waals surface area contributed by atoms with Crippen molar-refractivity contribution in [1.82, 2.24) is 10.2 Å². The van der Waals surface area contributed by atoms with E-state index in [1.165, 1.54) is 5.56 Å². The van der Waals surface area contributed by atoms with Crippen molar-refractivity contribution in [1.29, 1.82) is 0 Å². The lowest BCUT2D eigenvalue weighted by Crippen LogP contribution is -2.44. The molecule has 1 aliphatic heterocycles. The highest BCUT2D eigenvalue weighted by molar-refractivity contribution is 5.81. The molecule has 0 bridgehead atoms. The Hall–Kier alpha value is -1.43. The summed E-state index contributed by atoms with van der Waals surface area (Å²) in [5.41, 5.74) is 8.40. The van der Waals surface area contributed by atoms with E-state index in [1.54, 1.807) is 0 Å². The Bertz CT molecular complexity index is 501. The predicted molar refractivity (Wildman–Crippen MR) is 91.8 cm³/mol. The number of hydrogen-bond donors (Lipinski definition) is 2. The van der Waals surface area contributed by atoms with Gasteiger partial charge in [-0.25, -0.2) is 0 Å². The van der Waals surface area contributed by atoms with E-state index in [4.69, 9.17) is 10.5 Å². The summed E-state index contributed by atoms with van der Waals surface area (Å²) in [6.45, 7) is 8.99. The summed E-state index contributed by atoms with van der Waals surface area (Å²) in [4.78, 5) is 14.5. The third-order valence-corrected chi connectivity index (χ3v) is 4.63. The molecule has 3 N–H and O–H groups in total. The van der Waals surface area contributed by atoms with Gasteiger partial charge < -0.3 is 15.8 Å². The topological polar surface area (TPSA) is 67.6 Å². The largest absolute Gasteiger partial charge is 0.379 e. The first kappa shape index (κ1) is 17.9. The highest BCUT2D eigenvalue weighted by atomic mass is 16.5. The molecule has 1 amide bonds. The fourth-order valence-corrected chi connectivity index (χ4v) is 2.70. The van der Waals surface area contributed by atoms with Gasteiger partial charge in [-0.15, -0.1) is 0 Å². The van der Waals surface area contributed by atoms with Crippen LogP contribution in [0.5, 0.6) is 0 Å². The maximum atomic E-state index is 12.2. The van der Waals surface area contributed by atoms with Crippen LogP contribution >= 0.6 is 0 Å². The van der Waals surface area contributed by atoms with E-state index in [1.807, 2.05) is 19.1 Å². The average molecular weight is 319 g/mol. The van der Waals surface area contributed by atoms with Crippen LogP contribution in [0, 0.1) is 5.92 Å². The highest BCUT2D eigenvalue weighted by Crippen LogP contribution is 2.13. The van der Waals surface area contributed by atoms with Gasteiger partial charge in [0.15, 0.2) is 0 Å². The van der Waals surface area contributed by atoms with E-state index in [0.717, 1.165) is 44.8 Å². The van der Waals surface area contributed by atoms with Crippen LogP contribution in [0.25, 0.3) is 0 Å². The molecular formula is C18H29N3O2.